The molecule has 2 heterocycles. The lowest BCUT2D eigenvalue weighted by atomic mass is 10.1. The SMILES string of the molecule is CCOc1ccc(OCC(=O)N(Cc2cccnc2)c2nc3c(C)c(C)ccc3s2)cc1. The quantitative estimate of drug-likeness (QED) is 0.366. The van der Waals surface area contributed by atoms with Gasteiger partial charge in [0.05, 0.1) is 23.4 Å². The largest absolute Gasteiger partial charge is 0.494 e. The van der Waals surface area contributed by atoms with Crippen molar-refractivity contribution in [1.29, 1.82) is 0 Å². The van der Waals surface area contributed by atoms with Crippen LogP contribution in [0.2, 0.25) is 0 Å². The molecule has 4 aromatic rings. The fourth-order valence-electron chi connectivity index (χ4n) is 3.29. The number of nitrogens with zero attached hydrogens (tertiary/aromatic N) is 3. The number of carbonyl (C=O) groups is 1. The minimum atomic E-state index is -0.170. The van der Waals surface area contributed by atoms with Crippen LogP contribution in [0.25, 0.3) is 10.2 Å². The maximum Gasteiger partial charge on any atom is 0.267 e. The molecule has 2 aromatic heterocycles. The number of anilines is 1. The lowest BCUT2D eigenvalue weighted by Crippen LogP contribution is -2.34. The lowest BCUT2D eigenvalue weighted by Gasteiger charge is -2.20. The van der Waals surface area contributed by atoms with Crippen molar-refractivity contribution in [1.82, 2.24) is 9.97 Å². The predicted octanol–water partition coefficient (Wildman–Crippen LogP) is 5.32. The first-order valence-corrected chi connectivity index (χ1v) is 11.3. The van der Waals surface area contributed by atoms with E-state index < -0.39 is 0 Å². The van der Waals surface area contributed by atoms with Gasteiger partial charge in [0.25, 0.3) is 5.91 Å². The standard InChI is InChI=1S/C25H25N3O3S/c1-4-30-20-8-10-21(11-9-20)31-16-23(29)28(15-19-6-5-13-26-14-19)25-27-24-18(3)17(2)7-12-22(24)32-25/h5-14H,4,15-16H2,1-3H3. The second-order valence-electron chi connectivity index (χ2n) is 7.38. The van der Waals surface area contributed by atoms with Gasteiger partial charge < -0.3 is 9.47 Å². The highest BCUT2D eigenvalue weighted by Gasteiger charge is 2.22. The van der Waals surface area contributed by atoms with E-state index >= 15 is 0 Å². The Hall–Kier alpha value is -3.45. The van der Waals surface area contributed by atoms with E-state index in [1.165, 1.54) is 16.9 Å². The molecule has 4 rings (SSSR count). The Morgan fingerprint density at radius 2 is 1.78 bits per heavy atom. The number of hydrogen-bond donors (Lipinski definition) is 0. The van der Waals surface area contributed by atoms with Crippen LogP contribution < -0.4 is 14.4 Å². The average molecular weight is 448 g/mol. The first-order chi connectivity index (χ1) is 15.5. The highest BCUT2D eigenvalue weighted by Crippen LogP contribution is 2.32. The van der Waals surface area contributed by atoms with Crippen molar-refractivity contribution in [2.45, 2.75) is 27.3 Å². The molecule has 32 heavy (non-hydrogen) atoms. The number of thiazole rings is 1. The molecule has 0 saturated heterocycles. The van der Waals surface area contributed by atoms with Gasteiger partial charge in [0.15, 0.2) is 11.7 Å². The van der Waals surface area contributed by atoms with E-state index in [1.54, 1.807) is 29.4 Å². The summed E-state index contributed by atoms with van der Waals surface area (Å²) in [5.41, 5.74) is 4.17. The number of hydrogen-bond acceptors (Lipinski definition) is 6. The fraction of sp³-hybridized carbons (Fsp3) is 0.240. The van der Waals surface area contributed by atoms with E-state index in [9.17, 15) is 4.79 Å². The Morgan fingerprint density at radius 1 is 1.03 bits per heavy atom. The fourth-order valence-corrected chi connectivity index (χ4v) is 4.33. The average Bonchev–Trinajstić information content (AvgIpc) is 3.25. The third kappa shape index (κ3) is 4.89. The molecule has 0 aliphatic rings. The van der Waals surface area contributed by atoms with Gasteiger partial charge in [-0.1, -0.05) is 23.5 Å². The summed E-state index contributed by atoms with van der Waals surface area (Å²) in [6.07, 6.45) is 3.48. The summed E-state index contributed by atoms with van der Waals surface area (Å²) < 4.78 is 12.3. The van der Waals surface area contributed by atoms with Crippen LogP contribution in [-0.4, -0.2) is 29.1 Å². The highest BCUT2D eigenvalue weighted by atomic mass is 32.1. The molecular weight excluding hydrogens is 422 g/mol. The molecule has 7 heteroatoms. The van der Waals surface area contributed by atoms with E-state index in [2.05, 4.69) is 31.0 Å². The summed E-state index contributed by atoms with van der Waals surface area (Å²) in [6.45, 7) is 6.94. The van der Waals surface area contributed by atoms with Crippen molar-refractivity contribution in [3.8, 4) is 11.5 Å². The Labute approximate surface area is 191 Å². The van der Waals surface area contributed by atoms with Crippen molar-refractivity contribution in [3.05, 3.63) is 77.6 Å². The number of benzene rings is 2. The normalized spacial score (nSPS) is 10.8. The second-order valence-corrected chi connectivity index (χ2v) is 8.39. The molecule has 0 saturated carbocycles. The summed E-state index contributed by atoms with van der Waals surface area (Å²) in [6, 6.07) is 15.2. The Morgan fingerprint density at radius 3 is 2.47 bits per heavy atom. The summed E-state index contributed by atoms with van der Waals surface area (Å²) in [4.78, 5) is 23.9. The van der Waals surface area contributed by atoms with Crippen LogP contribution in [0, 0.1) is 13.8 Å². The summed E-state index contributed by atoms with van der Waals surface area (Å²) in [5, 5.41) is 0.651. The third-order valence-electron chi connectivity index (χ3n) is 5.17. The van der Waals surface area contributed by atoms with Gasteiger partial charge in [0.1, 0.15) is 11.5 Å². The molecule has 0 atom stereocenters. The molecule has 0 bridgehead atoms. The van der Waals surface area contributed by atoms with Crippen molar-refractivity contribution in [2.75, 3.05) is 18.1 Å². The van der Waals surface area contributed by atoms with Crippen molar-refractivity contribution >= 4 is 32.6 Å². The molecule has 0 aliphatic carbocycles. The Balaban J connectivity index is 1.57. The van der Waals surface area contributed by atoms with Gasteiger partial charge >= 0.3 is 0 Å². The zero-order valence-corrected chi connectivity index (χ0v) is 19.2. The highest BCUT2D eigenvalue weighted by molar-refractivity contribution is 7.22. The number of fused-ring (bicyclic) bond motifs is 1. The second kappa shape index (κ2) is 9.78. The van der Waals surface area contributed by atoms with Crippen LogP contribution in [-0.2, 0) is 11.3 Å². The molecule has 1 amide bonds. The van der Waals surface area contributed by atoms with Crippen LogP contribution in [0.1, 0.15) is 23.6 Å². The smallest absolute Gasteiger partial charge is 0.267 e. The molecule has 0 spiro atoms. The zero-order valence-electron chi connectivity index (χ0n) is 18.4. The van der Waals surface area contributed by atoms with E-state index in [4.69, 9.17) is 14.5 Å². The van der Waals surface area contributed by atoms with Crippen LogP contribution in [0.15, 0.2) is 60.9 Å². The monoisotopic (exact) mass is 447 g/mol. The molecule has 0 aliphatic heterocycles. The molecule has 0 unspecified atom stereocenters. The van der Waals surface area contributed by atoms with E-state index in [-0.39, 0.29) is 12.5 Å². The van der Waals surface area contributed by atoms with E-state index in [0.717, 1.165) is 27.1 Å². The number of aryl methyl sites for hydroxylation is 2. The minimum Gasteiger partial charge on any atom is -0.494 e. The number of ether oxygens (including phenoxy) is 2. The topological polar surface area (TPSA) is 64.6 Å². The first kappa shape index (κ1) is 21.8. The van der Waals surface area contributed by atoms with Crippen LogP contribution in [0.3, 0.4) is 0 Å². The van der Waals surface area contributed by atoms with Gasteiger partial charge in [0, 0.05) is 12.4 Å². The number of rotatable bonds is 8. The summed E-state index contributed by atoms with van der Waals surface area (Å²) >= 11 is 1.51. The molecule has 0 radical (unpaired) electrons. The van der Waals surface area contributed by atoms with Gasteiger partial charge in [-0.3, -0.25) is 14.7 Å². The van der Waals surface area contributed by atoms with Gasteiger partial charge in [-0.25, -0.2) is 4.98 Å². The van der Waals surface area contributed by atoms with Crippen LogP contribution in [0.5, 0.6) is 11.5 Å². The minimum absolute atomic E-state index is 0.0951. The molecule has 0 N–H and O–H groups in total. The van der Waals surface area contributed by atoms with E-state index in [1.807, 2.05) is 31.2 Å². The van der Waals surface area contributed by atoms with Crippen molar-refractivity contribution in [2.24, 2.45) is 0 Å². The summed E-state index contributed by atoms with van der Waals surface area (Å²) in [7, 11) is 0. The van der Waals surface area contributed by atoms with Crippen molar-refractivity contribution < 1.29 is 14.3 Å². The molecule has 6 nitrogen and oxygen atoms in total. The van der Waals surface area contributed by atoms with Gasteiger partial charge in [-0.15, -0.1) is 0 Å². The van der Waals surface area contributed by atoms with Crippen molar-refractivity contribution in [3.63, 3.8) is 0 Å². The van der Waals surface area contributed by atoms with Crippen LogP contribution in [0.4, 0.5) is 5.13 Å². The maximum atomic E-state index is 13.2. The first-order valence-electron chi connectivity index (χ1n) is 10.5. The molecule has 2 aromatic carbocycles. The van der Waals surface area contributed by atoms with Gasteiger partial charge in [-0.2, -0.15) is 0 Å². The molecular formula is C25H25N3O3S. The zero-order chi connectivity index (χ0) is 22.5. The number of aromatic nitrogens is 2. The molecule has 164 valence electrons. The number of carbonyl (C=O) groups excluding carboxylic acids is 1. The number of pyridine rings is 1. The number of amides is 1. The molecule has 0 fully saturated rings. The lowest BCUT2D eigenvalue weighted by molar-refractivity contribution is -0.120. The van der Waals surface area contributed by atoms with Gasteiger partial charge in [-0.05, 0) is 73.9 Å². The van der Waals surface area contributed by atoms with Crippen LogP contribution >= 0.6 is 11.3 Å². The summed E-state index contributed by atoms with van der Waals surface area (Å²) in [5.74, 6) is 1.21. The Bertz CT molecular complexity index is 1210. The van der Waals surface area contributed by atoms with Gasteiger partial charge in [0.2, 0.25) is 0 Å². The Kier molecular flexibility index (Phi) is 6.66. The maximum absolute atomic E-state index is 13.2. The third-order valence-corrected chi connectivity index (χ3v) is 6.21. The predicted molar refractivity (Wildman–Crippen MR) is 128 cm³/mol. The van der Waals surface area contributed by atoms with E-state index in [0.29, 0.717) is 24.0 Å².